The smallest absolute Gasteiger partial charge is 0.203 e. The summed E-state index contributed by atoms with van der Waals surface area (Å²) in [6, 6.07) is 11.0. The fourth-order valence-corrected chi connectivity index (χ4v) is 3.56. The second kappa shape index (κ2) is 8.61. The van der Waals surface area contributed by atoms with E-state index in [2.05, 4.69) is 15.5 Å². The first-order valence-corrected chi connectivity index (χ1v) is 9.59. The molecule has 5 nitrogen and oxygen atoms in total. The predicted molar refractivity (Wildman–Crippen MR) is 113 cm³/mol. The number of halogens is 2. The Morgan fingerprint density at radius 1 is 1.07 bits per heavy atom. The summed E-state index contributed by atoms with van der Waals surface area (Å²) in [5, 5.41) is 8.13. The second-order valence-corrected chi connectivity index (χ2v) is 7.24. The zero-order valence-electron chi connectivity index (χ0n) is 14.9. The number of nitrogens with zero attached hydrogens (tertiary/aromatic N) is 2. The van der Waals surface area contributed by atoms with E-state index < -0.39 is 0 Å². The van der Waals surface area contributed by atoms with E-state index >= 15 is 0 Å². The Bertz CT molecular complexity index is 989. The van der Waals surface area contributed by atoms with Crippen molar-refractivity contribution < 1.29 is 9.47 Å². The largest absolute Gasteiger partial charge is 0.493 e. The normalized spacial score (nSPS) is 11.4. The third-order valence-electron chi connectivity index (χ3n) is 3.83. The van der Waals surface area contributed by atoms with E-state index in [0.717, 1.165) is 22.5 Å². The minimum atomic E-state index is 0.560. The standard InChI is InChI=1S/C19H17Cl2N3O2S/c1-11(12-4-7-17(25-2)18(8-12)26-3)23-24-19-22-16(10-27-19)14-6-5-13(20)9-15(14)21/h4-10H,1-3H3,(H,22,24)/b23-11-. The number of methoxy groups -OCH3 is 2. The van der Waals surface area contributed by atoms with Gasteiger partial charge in [0.25, 0.3) is 0 Å². The van der Waals surface area contributed by atoms with E-state index in [9.17, 15) is 0 Å². The van der Waals surface area contributed by atoms with Crippen molar-refractivity contribution in [1.29, 1.82) is 0 Å². The number of aromatic nitrogens is 1. The number of hydrazone groups is 1. The molecule has 8 heteroatoms. The molecule has 1 N–H and O–H groups in total. The van der Waals surface area contributed by atoms with Crippen molar-refractivity contribution in [3.05, 3.63) is 57.4 Å². The lowest BCUT2D eigenvalue weighted by molar-refractivity contribution is 0.355. The molecule has 0 spiro atoms. The van der Waals surface area contributed by atoms with Crippen molar-refractivity contribution in [2.75, 3.05) is 19.6 Å². The summed E-state index contributed by atoms with van der Waals surface area (Å²) in [6.07, 6.45) is 0. The highest BCUT2D eigenvalue weighted by Crippen LogP contribution is 2.32. The number of anilines is 1. The molecule has 0 fully saturated rings. The molecule has 0 unspecified atom stereocenters. The Labute approximate surface area is 171 Å². The fourth-order valence-electron chi connectivity index (χ4n) is 2.40. The van der Waals surface area contributed by atoms with Crippen LogP contribution in [0.15, 0.2) is 46.9 Å². The highest BCUT2D eigenvalue weighted by Gasteiger charge is 2.10. The molecule has 27 heavy (non-hydrogen) atoms. The molecule has 0 aliphatic carbocycles. The van der Waals surface area contributed by atoms with Crippen molar-refractivity contribution in [3.8, 4) is 22.8 Å². The Hall–Kier alpha value is -2.28. The molecule has 0 saturated carbocycles. The van der Waals surface area contributed by atoms with Crippen LogP contribution in [0.2, 0.25) is 10.0 Å². The van der Waals surface area contributed by atoms with Gasteiger partial charge in [0.05, 0.1) is 30.6 Å². The Morgan fingerprint density at radius 3 is 2.56 bits per heavy atom. The minimum absolute atomic E-state index is 0.560. The van der Waals surface area contributed by atoms with Crippen LogP contribution in [0.4, 0.5) is 5.13 Å². The Balaban J connectivity index is 1.77. The quantitative estimate of drug-likeness (QED) is 0.393. The molecule has 2 aromatic carbocycles. The number of benzene rings is 2. The van der Waals surface area contributed by atoms with Crippen molar-refractivity contribution in [3.63, 3.8) is 0 Å². The molecule has 0 saturated heterocycles. The molecule has 0 aliphatic heterocycles. The Kier molecular flexibility index (Phi) is 6.21. The fraction of sp³-hybridized carbons (Fsp3) is 0.158. The van der Waals surface area contributed by atoms with Gasteiger partial charge in [0, 0.05) is 21.5 Å². The molecule has 0 radical (unpaired) electrons. The van der Waals surface area contributed by atoms with E-state index in [1.165, 1.54) is 11.3 Å². The SMILES string of the molecule is COc1ccc(/C(C)=N\Nc2nc(-c3ccc(Cl)cc3Cl)cs2)cc1OC. The topological polar surface area (TPSA) is 55.7 Å². The van der Waals surface area contributed by atoms with Crippen LogP contribution in [0.25, 0.3) is 11.3 Å². The van der Waals surface area contributed by atoms with Gasteiger partial charge in [0.2, 0.25) is 5.13 Å². The van der Waals surface area contributed by atoms with Gasteiger partial charge in [-0.1, -0.05) is 23.2 Å². The van der Waals surface area contributed by atoms with Crippen LogP contribution in [0.1, 0.15) is 12.5 Å². The maximum absolute atomic E-state index is 6.24. The van der Waals surface area contributed by atoms with Crippen LogP contribution in [-0.4, -0.2) is 24.9 Å². The minimum Gasteiger partial charge on any atom is -0.493 e. The number of hydrogen-bond donors (Lipinski definition) is 1. The van der Waals surface area contributed by atoms with Gasteiger partial charge in [-0.25, -0.2) is 4.98 Å². The molecule has 3 rings (SSSR count). The van der Waals surface area contributed by atoms with Gasteiger partial charge >= 0.3 is 0 Å². The van der Waals surface area contributed by atoms with Gasteiger partial charge in [-0.15, -0.1) is 11.3 Å². The van der Waals surface area contributed by atoms with Gasteiger partial charge < -0.3 is 9.47 Å². The highest BCUT2D eigenvalue weighted by molar-refractivity contribution is 7.14. The van der Waals surface area contributed by atoms with Gasteiger partial charge in [-0.3, -0.25) is 5.43 Å². The monoisotopic (exact) mass is 421 g/mol. The third kappa shape index (κ3) is 4.53. The van der Waals surface area contributed by atoms with Crippen molar-refractivity contribution in [2.24, 2.45) is 5.10 Å². The number of nitrogens with one attached hydrogen (secondary N) is 1. The average molecular weight is 422 g/mol. The summed E-state index contributed by atoms with van der Waals surface area (Å²) in [5.41, 5.74) is 6.28. The maximum Gasteiger partial charge on any atom is 0.203 e. The zero-order valence-corrected chi connectivity index (χ0v) is 17.2. The van der Waals surface area contributed by atoms with Gasteiger partial charge in [-0.2, -0.15) is 5.10 Å². The first kappa shape index (κ1) is 19.5. The zero-order chi connectivity index (χ0) is 19.4. The summed E-state index contributed by atoms with van der Waals surface area (Å²) < 4.78 is 10.6. The molecular weight excluding hydrogens is 405 g/mol. The third-order valence-corrected chi connectivity index (χ3v) is 5.13. The summed E-state index contributed by atoms with van der Waals surface area (Å²) in [5.74, 6) is 1.32. The van der Waals surface area contributed by atoms with Crippen LogP contribution >= 0.6 is 34.5 Å². The van der Waals surface area contributed by atoms with Gasteiger partial charge in [-0.05, 0) is 43.3 Å². The lowest BCUT2D eigenvalue weighted by Crippen LogP contribution is -2.01. The molecular formula is C19H17Cl2N3O2S. The predicted octanol–water partition coefficient (Wildman–Crippen LogP) is 5.97. The van der Waals surface area contributed by atoms with E-state index in [0.29, 0.717) is 26.7 Å². The van der Waals surface area contributed by atoms with E-state index in [1.807, 2.05) is 36.6 Å². The van der Waals surface area contributed by atoms with Crippen LogP contribution < -0.4 is 14.9 Å². The molecule has 0 amide bonds. The summed E-state index contributed by atoms with van der Waals surface area (Å²) in [4.78, 5) is 4.53. The lowest BCUT2D eigenvalue weighted by Gasteiger charge is -2.09. The summed E-state index contributed by atoms with van der Waals surface area (Å²) in [6.45, 7) is 1.90. The molecule has 0 atom stereocenters. The Morgan fingerprint density at radius 2 is 1.85 bits per heavy atom. The molecule has 140 valence electrons. The van der Waals surface area contributed by atoms with Crippen LogP contribution in [-0.2, 0) is 0 Å². The van der Waals surface area contributed by atoms with E-state index in [4.69, 9.17) is 32.7 Å². The van der Waals surface area contributed by atoms with Crippen LogP contribution in [0, 0.1) is 0 Å². The first-order chi connectivity index (χ1) is 13.0. The number of thiazole rings is 1. The number of ether oxygens (including phenoxy) is 2. The van der Waals surface area contributed by atoms with Crippen molar-refractivity contribution in [2.45, 2.75) is 6.92 Å². The summed E-state index contributed by atoms with van der Waals surface area (Å²) in [7, 11) is 3.21. The number of hydrogen-bond acceptors (Lipinski definition) is 6. The first-order valence-electron chi connectivity index (χ1n) is 7.95. The van der Waals surface area contributed by atoms with Crippen molar-refractivity contribution >= 4 is 45.4 Å². The molecule has 0 aliphatic rings. The molecule has 0 bridgehead atoms. The maximum atomic E-state index is 6.24. The summed E-state index contributed by atoms with van der Waals surface area (Å²) >= 11 is 13.6. The van der Waals surface area contributed by atoms with Gasteiger partial charge in [0.1, 0.15) is 0 Å². The molecule has 3 aromatic rings. The number of rotatable bonds is 6. The van der Waals surface area contributed by atoms with Crippen molar-refractivity contribution in [1.82, 2.24) is 4.98 Å². The van der Waals surface area contributed by atoms with Crippen LogP contribution in [0.3, 0.4) is 0 Å². The van der Waals surface area contributed by atoms with Gasteiger partial charge in [0.15, 0.2) is 11.5 Å². The molecule has 1 aromatic heterocycles. The van der Waals surface area contributed by atoms with E-state index in [-0.39, 0.29) is 0 Å². The second-order valence-electron chi connectivity index (χ2n) is 5.54. The average Bonchev–Trinajstić information content (AvgIpc) is 3.14. The highest BCUT2D eigenvalue weighted by atomic mass is 35.5. The molecule has 1 heterocycles. The van der Waals surface area contributed by atoms with Crippen LogP contribution in [0.5, 0.6) is 11.5 Å². The van der Waals surface area contributed by atoms with E-state index in [1.54, 1.807) is 26.4 Å². The lowest BCUT2D eigenvalue weighted by atomic mass is 10.1.